The minimum atomic E-state index is -1.01. The zero-order valence-electron chi connectivity index (χ0n) is 13.9. The van der Waals surface area contributed by atoms with Crippen LogP contribution in [0.25, 0.3) is 0 Å². The molecule has 3 heteroatoms. The van der Waals surface area contributed by atoms with E-state index >= 15 is 0 Å². The molecule has 1 aromatic carbocycles. The Kier molecular flexibility index (Phi) is 4.94. The Balaban J connectivity index is 2.20. The highest BCUT2D eigenvalue weighted by Gasteiger charge is 2.36. The van der Waals surface area contributed by atoms with Crippen molar-refractivity contribution in [2.24, 2.45) is 17.6 Å². The first-order valence-corrected chi connectivity index (χ1v) is 9.18. The second-order valence-electron chi connectivity index (χ2n) is 7.75. The van der Waals surface area contributed by atoms with Crippen LogP contribution in [0.5, 0.6) is 0 Å². The van der Waals surface area contributed by atoms with Crippen LogP contribution in [0.15, 0.2) is 29.2 Å². The van der Waals surface area contributed by atoms with Gasteiger partial charge in [-0.2, -0.15) is 0 Å². The Hall–Kier alpha value is -0.670. The van der Waals surface area contributed by atoms with E-state index in [1.807, 2.05) is 12.1 Å². The summed E-state index contributed by atoms with van der Waals surface area (Å²) in [5.41, 5.74) is 7.71. The van der Waals surface area contributed by atoms with Crippen molar-refractivity contribution in [1.29, 1.82) is 0 Å². The fourth-order valence-electron chi connectivity index (χ4n) is 3.50. The quantitative estimate of drug-likeness (QED) is 0.901. The Morgan fingerprint density at radius 1 is 1.10 bits per heavy atom. The fraction of sp³-hybridized carbons (Fsp3) is 0.667. The minimum absolute atomic E-state index is 0.0480. The van der Waals surface area contributed by atoms with E-state index in [0.717, 1.165) is 17.7 Å². The number of hydrogen-bond donors (Lipinski definition) is 1. The SMILES string of the molecule is CC1CC(C)C(S(=O)c2ccc(C(C)(C)C)cc2)C(N)C1. The van der Waals surface area contributed by atoms with Gasteiger partial charge < -0.3 is 5.73 Å². The highest BCUT2D eigenvalue weighted by atomic mass is 32.2. The molecule has 1 aliphatic carbocycles. The molecule has 0 saturated heterocycles. The zero-order chi connectivity index (χ0) is 15.8. The van der Waals surface area contributed by atoms with Gasteiger partial charge in [0.2, 0.25) is 0 Å². The van der Waals surface area contributed by atoms with E-state index in [4.69, 9.17) is 5.73 Å². The smallest absolute Gasteiger partial charge is 0.0579 e. The zero-order valence-corrected chi connectivity index (χ0v) is 14.7. The van der Waals surface area contributed by atoms with Crippen molar-refractivity contribution >= 4 is 10.8 Å². The van der Waals surface area contributed by atoms with E-state index in [0.29, 0.717) is 11.8 Å². The van der Waals surface area contributed by atoms with Gasteiger partial charge in [-0.25, -0.2) is 0 Å². The summed E-state index contributed by atoms with van der Waals surface area (Å²) in [6.07, 6.45) is 2.12. The molecule has 0 spiro atoms. The van der Waals surface area contributed by atoms with Crippen molar-refractivity contribution < 1.29 is 4.21 Å². The largest absolute Gasteiger partial charge is 0.327 e. The molecule has 0 aliphatic heterocycles. The van der Waals surface area contributed by atoms with Crippen LogP contribution in [0.1, 0.15) is 53.0 Å². The van der Waals surface area contributed by atoms with Gasteiger partial charge in [-0.3, -0.25) is 4.21 Å². The summed E-state index contributed by atoms with van der Waals surface area (Å²) in [7, 11) is -1.01. The van der Waals surface area contributed by atoms with Crippen LogP contribution in [0.2, 0.25) is 0 Å². The normalized spacial score (nSPS) is 31.9. The third-order valence-electron chi connectivity index (χ3n) is 4.63. The van der Waals surface area contributed by atoms with Crippen LogP contribution in [-0.2, 0) is 16.2 Å². The van der Waals surface area contributed by atoms with E-state index in [9.17, 15) is 4.21 Å². The van der Waals surface area contributed by atoms with Gasteiger partial charge >= 0.3 is 0 Å². The molecule has 0 radical (unpaired) electrons. The van der Waals surface area contributed by atoms with Gasteiger partial charge in [0.15, 0.2) is 0 Å². The molecule has 2 N–H and O–H groups in total. The molecule has 0 aromatic heterocycles. The number of rotatable bonds is 2. The topological polar surface area (TPSA) is 43.1 Å². The first-order valence-electron chi connectivity index (χ1n) is 7.97. The van der Waals surface area contributed by atoms with Gasteiger partial charge in [0, 0.05) is 10.9 Å². The lowest BCUT2D eigenvalue weighted by Gasteiger charge is -2.37. The Morgan fingerprint density at radius 3 is 2.14 bits per heavy atom. The summed E-state index contributed by atoms with van der Waals surface area (Å²) >= 11 is 0. The van der Waals surface area contributed by atoms with Gasteiger partial charge in [-0.1, -0.05) is 46.8 Å². The van der Waals surface area contributed by atoms with Crippen molar-refractivity contribution in [3.8, 4) is 0 Å². The molecular formula is C18H29NOS. The second-order valence-corrected chi connectivity index (χ2v) is 9.36. The summed E-state index contributed by atoms with van der Waals surface area (Å²) in [5, 5.41) is 0.0849. The number of nitrogens with two attached hydrogens (primary N) is 1. The molecule has 21 heavy (non-hydrogen) atoms. The van der Waals surface area contributed by atoms with Crippen molar-refractivity contribution in [3.05, 3.63) is 29.8 Å². The highest BCUT2D eigenvalue weighted by Crippen LogP contribution is 2.33. The first kappa shape index (κ1) is 16.7. The average Bonchev–Trinajstić information content (AvgIpc) is 2.36. The maximum atomic E-state index is 12.9. The molecule has 5 unspecified atom stereocenters. The van der Waals surface area contributed by atoms with Crippen molar-refractivity contribution in [2.45, 2.75) is 69.1 Å². The summed E-state index contributed by atoms with van der Waals surface area (Å²) in [6.45, 7) is 11.0. The molecule has 2 nitrogen and oxygen atoms in total. The van der Waals surface area contributed by atoms with Crippen LogP contribution >= 0.6 is 0 Å². The monoisotopic (exact) mass is 307 g/mol. The molecule has 1 aromatic rings. The molecule has 2 rings (SSSR count). The Morgan fingerprint density at radius 2 is 1.67 bits per heavy atom. The summed E-state index contributed by atoms with van der Waals surface area (Å²) in [6, 6.07) is 8.30. The lowest BCUT2D eigenvalue weighted by Crippen LogP contribution is -2.47. The summed E-state index contributed by atoms with van der Waals surface area (Å²) in [4.78, 5) is 0.921. The lowest BCUT2D eigenvalue weighted by molar-refractivity contribution is 0.275. The van der Waals surface area contributed by atoms with Crippen LogP contribution < -0.4 is 5.73 Å². The molecule has 0 bridgehead atoms. The van der Waals surface area contributed by atoms with Crippen LogP contribution in [0.4, 0.5) is 0 Å². The molecular weight excluding hydrogens is 278 g/mol. The molecule has 0 amide bonds. The van der Waals surface area contributed by atoms with Gasteiger partial charge in [-0.05, 0) is 47.8 Å². The third-order valence-corrected chi connectivity index (χ3v) is 6.68. The van der Waals surface area contributed by atoms with E-state index in [-0.39, 0.29) is 16.7 Å². The minimum Gasteiger partial charge on any atom is -0.327 e. The molecule has 118 valence electrons. The summed E-state index contributed by atoms with van der Waals surface area (Å²) in [5.74, 6) is 1.07. The van der Waals surface area contributed by atoms with E-state index in [1.165, 1.54) is 5.56 Å². The van der Waals surface area contributed by atoms with Crippen molar-refractivity contribution in [1.82, 2.24) is 0 Å². The number of hydrogen-bond acceptors (Lipinski definition) is 2. The maximum Gasteiger partial charge on any atom is 0.0579 e. The maximum absolute atomic E-state index is 12.9. The van der Waals surface area contributed by atoms with Crippen molar-refractivity contribution in [2.75, 3.05) is 0 Å². The standard InChI is InChI=1S/C18H29NOS/c1-12-10-13(2)17(16(19)11-12)21(20)15-8-6-14(7-9-15)18(3,4)5/h6-9,12-13,16-17H,10-11,19H2,1-5H3. The summed E-state index contributed by atoms with van der Waals surface area (Å²) < 4.78 is 12.9. The van der Waals surface area contributed by atoms with Crippen LogP contribution in [0.3, 0.4) is 0 Å². The molecule has 5 atom stereocenters. The molecule has 1 aliphatic rings. The molecule has 0 heterocycles. The van der Waals surface area contributed by atoms with E-state index in [2.05, 4.69) is 46.8 Å². The Labute approximate surface area is 132 Å². The molecule has 1 saturated carbocycles. The predicted octanol–water partition coefficient (Wildman–Crippen LogP) is 3.85. The van der Waals surface area contributed by atoms with Crippen LogP contribution in [0, 0.1) is 11.8 Å². The lowest BCUT2D eigenvalue weighted by atomic mass is 9.80. The second kappa shape index (κ2) is 6.21. The van der Waals surface area contributed by atoms with Crippen molar-refractivity contribution in [3.63, 3.8) is 0 Å². The van der Waals surface area contributed by atoms with E-state index in [1.54, 1.807) is 0 Å². The fourth-order valence-corrected chi connectivity index (χ4v) is 5.18. The van der Waals surface area contributed by atoms with Gasteiger partial charge in [0.05, 0.1) is 16.0 Å². The number of benzene rings is 1. The van der Waals surface area contributed by atoms with Crippen LogP contribution in [-0.4, -0.2) is 15.5 Å². The average molecular weight is 308 g/mol. The van der Waals surface area contributed by atoms with Gasteiger partial charge in [-0.15, -0.1) is 0 Å². The predicted molar refractivity (Wildman–Crippen MR) is 90.9 cm³/mol. The first-order chi connectivity index (χ1) is 9.70. The third kappa shape index (κ3) is 3.75. The van der Waals surface area contributed by atoms with E-state index < -0.39 is 10.8 Å². The highest BCUT2D eigenvalue weighted by molar-refractivity contribution is 7.85. The van der Waals surface area contributed by atoms with Gasteiger partial charge in [0.25, 0.3) is 0 Å². The van der Waals surface area contributed by atoms with Gasteiger partial charge in [0.1, 0.15) is 0 Å². The Bertz CT molecular complexity index is 491. The molecule has 1 fully saturated rings.